The van der Waals surface area contributed by atoms with Crippen molar-refractivity contribution in [3.8, 4) is 5.75 Å². The Kier molecular flexibility index (Phi) is 5.46. The molecule has 0 fully saturated rings. The molecule has 1 N–H and O–H groups in total. The van der Waals surface area contributed by atoms with Crippen LogP contribution in [0.2, 0.25) is 0 Å². The summed E-state index contributed by atoms with van der Waals surface area (Å²) < 4.78 is 18.0. The molecule has 0 aliphatic heterocycles. The highest BCUT2D eigenvalue weighted by Crippen LogP contribution is 2.12. The van der Waals surface area contributed by atoms with Crippen LogP contribution in [0.15, 0.2) is 24.3 Å². The average molecular weight is 239 g/mol. The summed E-state index contributed by atoms with van der Waals surface area (Å²) >= 11 is 0. The third-order valence-corrected chi connectivity index (χ3v) is 2.33. The molecule has 1 atom stereocenters. The zero-order chi connectivity index (χ0) is 12.7. The van der Waals surface area contributed by atoms with E-state index in [2.05, 4.69) is 12.2 Å². The van der Waals surface area contributed by atoms with Gasteiger partial charge in [0.2, 0.25) is 0 Å². The molecule has 0 saturated carbocycles. The predicted octanol–water partition coefficient (Wildman–Crippen LogP) is 2.51. The van der Waals surface area contributed by atoms with Crippen molar-refractivity contribution in [2.24, 2.45) is 0 Å². The largest absolute Gasteiger partial charge is 0.481 e. The molecule has 0 bridgehead atoms. The summed E-state index contributed by atoms with van der Waals surface area (Å²) in [5.41, 5.74) is 0. The third kappa shape index (κ3) is 4.85. The Bertz CT molecular complexity index is 351. The van der Waals surface area contributed by atoms with Crippen LogP contribution < -0.4 is 10.1 Å². The first-order valence-electron chi connectivity index (χ1n) is 5.83. The molecule has 0 aliphatic carbocycles. The summed E-state index contributed by atoms with van der Waals surface area (Å²) in [5, 5.41) is 2.78. The summed E-state index contributed by atoms with van der Waals surface area (Å²) in [6, 6.07) is 5.62. The van der Waals surface area contributed by atoms with Crippen LogP contribution in [-0.4, -0.2) is 18.6 Å². The van der Waals surface area contributed by atoms with Crippen molar-refractivity contribution in [2.75, 3.05) is 6.54 Å². The fourth-order valence-corrected chi connectivity index (χ4v) is 1.30. The molecule has 4 heteroatoms. The maximum absolute atomic E-state index is 12.7. The molecule has 1 unspecified atom stereocenters. The molecule has 0 aromatic heterocycles. The van der Waals surface area contributed by atoms with Gasteiger partial charge in [-0.3, -0.25) is 4.79 Å². The second-order valence-electron chi connectivity index (χ2n) is 3.86. The van der Waals surface area contributed by atoms with Crippen LogP contribution in [0.25, 0.3) is 0 Å². The van der Waals surface area contributed by atoms with Gasteiger partial charge in [0.1, 0.15) is 11.6 Å². The van der Waals surface area contributed by atoms with Crippen molar-refractivity contribution in [1.29, 1.82) is 0 Å². The van der Waals surface area contributed by atoms with Crippen LogP contribution in [0.4, 0.5) is 4.39 Å². The second-order valence-corrected chi connectivity index (χ2v) is 3.86. The molecule has 0 spiro atoms. The van der Waals surface area contributed by atoms with E-state index in [-0.39, 0.29) is 11.7 Å². The van der Waals surface area contributed by atoms with Crippen LogP contribution >= 0.6 is 0 Å². The summed E-state index contributed by atoms with van der Waals surface area (Å²) in [5.74, 6) is 0.0183. The van der Waals surface area contributed by atoms with Gasteiger partial charge >= 0.3 is 0 Å². The standard InChI is InChI=1S/C13H18FNO2/c1-3-4-9-15-13(16)10(2)17-12-7-5-11(14)6-8-12/h5-8,10H,3-4,9H2,1-2H3,(H,15,16). The SMILES string of the molecule is CCCCNC(=O)C(C)Oc1ccc(F)cc1. The Hall–Kier alpha value is -1.58. The number of carbonyl (C=O) groups is 1. The van der Waals surface area contributed by atoms with E-state index in [0.717, 1.165) is 12.8 Å². The highest BCUT2D eigenvalue weighted by atomic mass is 19.1. The molecular formula is C13H18FNO2. The van der Waals surface area contributed by atoms with Crippen LogP contribution in [0.1, 0.15) is 26.7 Å². The first-order chi connectivity index (χ1) is 8.13. The van der Waals surface area contributed by atoms with E-state index in [4.69, 9.17) is 4.74 Å². The lowest BCUT2D eigenvalue weighted by Crippen LogP contribution is -2.36. The van der Waals surface area contributed by atoms with Crippen LogP contribution in [0, 0.1) is 5.82 Å². The topological polar surface area (TPSA) is 38.3 Å². The number of benzene rings is 1. The van der Waals surface area contributed by atoms with Crippen molar-refractivity contribution >= 4 is 5.91 Å². The van der Waals surface area contributed by atoms with E-state index in [1.165, 1.54) is 24.3 Å². The molecule has 1 aromatic rings. The molecule has 1 rings (SSSR count). The van der Waals surface area contributed by atoms with Crippen molar-refractivity contribution in [3.63, 3.8) is 0 Å². The predicted molar refractivity (Wildman–Crippen MR) is 64.4 cm³/mol. The Labute approximate surface area is 101 Å². The van der Waals surface area contributed by atoms with E-state index < -0.39 is 6.10 Å². The fraction of sp³-hybridized carbons (Fsp3) is 0.462. The van der Waals surface area contributed by atoms with Crippen molar-refractivity contribution in [2.45, 2.75) is 32.8 Å². The van der Waals surface area contributed by atoms with E-state index in [1.807, 2.05) is 0 Å². The Morgan fingerprint density at radius 1 is 1.41 bits per heavy atom. The number of rotatable bonds is 6. The van der Waals surface area contributed by atoms with Crippen LogP contribution in [-0.2, 0) is 4.79 Å². The van der Waals surface area contributed by atoms with Gasteiger partial charge < -0.3 is 10.1 Å². The molecular weight excluding hydrogens is 221 g/mol. The maximum atomic E-state index is 12.7. The van der Waals surface area contributed by atoms with Crippen molar-refractivity contribution in [1.82, 2.24) is 5.32 Å². The number of carbonyl (C=O) groups excluding carboxylic acids is 1. The monoisotopic (exact) mass is 239 g/mol. The lowest BCUT2D eigenvalue weighted by atomic mass is 10.3. The fourth-order valence-electron chi connectivity index (χ4n) is 1.30. The maximum Gasteiger partial charge on any atom is 0.260 e. The minimum absolute atomic E-state index is 0.150. The first-order valence-corrected chi connectivity index (χ1v) is 5.83. The number of amides is 1. The number of hydrogen-bond donors (Lipinski definition) is 1. The lowest BCUT2D eigenvalue weighted by Gasteiger charge is -2.14. The summed E-state index contributed by atoms with van der Waals surface area (Å²) in [6.45, 7) is 4.39. The lowest BCUT2D eigenvalue weighted by molar-refractivity contribution is -0.127. The smallest absolute Gasteiger partial charge is 0.260 e. The van der Waals surface area contributed by atoms with Gasteiger partial charge in [-0.05, 0) is 37.6 Å². The average Bonchev–Trinajstić information content (AvgIpc) is 2.32. The molecule has 94 valence electrons. The molecule has 0 heterocycles. The van der Waals surface area contributed by atoms with Gasteiger partial charge in [0.05, 0.1) is 0 Å². The van der Waals surface area contributed by atoms with E-state index in [9.17, 15) is 9.18 Å². The Morgan fingerprint density at radius 2 is 2.06 bits per heavy atom. The summed E-state index contributed by atoms with van der Waals surface area (Å²) in [6.07, 6.45) is 1.42. The van der Waals surface area contributed by atoms with E-state index >= 15 is 0 Å². The van der Waals surface area contributed by atoms with Gasteiger partial charge in [-0.15, -0.1) is 0 Å². The van der Waals surface area contributed by atoms with Gasteiger partial charge in [-0.2, -0.15) is 0 Å². The molecule has 0 saturated heterocycles. The molecule has 17 heavy (non-hydrogen) atoms. The van der Waals surface area contributed by atoms with Gasteiger partial charge in [0.15, 0.2) is 6.10 Å². The van der Waals surface area contributed by atoms with Crippen LogP contribution in [0.5, 0.6) is 5.75 Å². The second kappa shape index (κ2) is 6.89. The van der Waals surface area contributed by atoms with Gasteiger partial charge in [-0.1, -0.05) is 13.3 Å². The minimum atomic E-state index is -0.572. The van der Waals surface area contributed by atoms with Gasteiger partial charge in [0.25, 0.3) is 5.91 Å². The quantitative estimate of drug-likeness (QED) is 0.775. The van der Waals surface area contributed by atoms with Crippen molar-refractivity contribution < 1.29 is 13.9 Å². The third-order valence-electron chi connectivity index (χ3n) is 2.33. The highest BCUT2D eigenvalue weighted by molar-refractivity contribution is 5.80. The molecule has 0 aliphatic rings. The number of ether oxygens (including phenoxy) is 1. The molecule has 1 amide bonds. The molecule has 0 radical (unpaired) electrons. The highest BCUT2D eigenvalue weighted by Gasteiger charge is 2.13. The molecule has 3 nitrogen and oxygen atoms in total. The van der Waals surface area contributed by atoms with Gasteiger partial charge in [0, 0.05) is 6.54 Å². The van der Waals surface area contributed by atoms with E-state index in [1.54, 1.807) is 6.92 Å². The zero-order valence-corrected chi connectivity index (χ0v) is 10.2. The van der Waals surface area contributed by atoms with Crippen LogP contribution in [0.3, 0.4) is 0 Å². The minimum Gasteiger partial charge on any atom is -0.481 e. The number of unbranched alkanes of at least 4 members (excludes halogenated alkanes) is 1. The Morgan fingerprint density at radius 3 is 2.65 bits per heavy atom. The first kappa shape index (κ1) is 13.5. The van der Waals surface area contributed by atoms with Gasteiger partial charge in [-0.25, -0.2) is 4.39 Å². The Balaban J connectivity index is 2.40. The summed E-state index contributed by atoms with van der Waals surface area (Å²) in [7, 11) is 0. The zero-order valence-electron chi connectivity index (χ0n) is 10.2. The van der Waals surface area contributed by atoms with E-state index in [0.29, 0.717) is 12.3 Å². The number of halogens is 1. The summed E-state index contributed by atoms with van der Waals surface area (Å²) in [4.78, 5) is 11.6. The molecule has 1 aromatic carbocycles. The number of hydrogen-bond acceptors (Lipinski definition) is 2. The number of nitrogens with one attached hydrogen (secondary N) is 1. The normalized spacial score (nSPS) is 11.9. The van der Waals surface area contributed by atoms with Crippen molar-refractivity contribution in [3.05, 3.63) is 30.1 Å².